The molecule has 2 rings (SSSR count). The van der Waals surface area contributed by atoms with Gasteiger partial charge in [-0.2, -0.15) is 0 Å². The highest BCUT2D eigenvalue weighted by Gasteiger charge is 2.04. The Bertz CT molecular complexity index is 573. The zero-order valence-electron chi connectivity index (χ0n) is 9.71. The van der Waals surface area contributed by atoms with Gasteiger partial charge in [0.2, 0.25) is 0 Å². The molecule has 0 saturated carbocycles. The first-order valence-electron chi connectivity index (χ1n) is 5.25. The minimum Gasteiger partial charge on any atom is -0.497 e. The van der Waals surface area contributed by atoms with E-state index in [1.807, 2.05) is 0 Å². The van der Waals surface area contributed by atoms with Gasteiger partial charge in [0, 0.05) is 35.3 Å². The highest BCUT2D eigenvalue weighted by molar-refractivity contribution is 5.66. The molecule has 0 saturated heterocycles. The molecule has 94 valence electrons. The van der Waals surface area contributed by atoms with Crippen LogP contribution in [0.4, 0.5) is 25.8 Å². The highest BCUT2D eigenvalue weighted by Crippen LogP contribution is 2.25. The van der Waals surface area contributed by atoms with Crippen LogP contribution in [-0.2, 0) is 0 Å². The van der Waals surface area contributed by atoms with E-state index >= 15 is 0 Å². The predicted molar refractivity (Wildman–Crippen MR) is 67.0 cm³/mol. The number of hydrogen-bond acceptors (Lipinski definition) is 3. The van der Waals surface area contributed by atoms with E-state index in [1.54, 1.807) is 18.2 Å². The third-order valence-electron chi connectivity index (χ3n) is 2.37. The van der Waals surface area contributed by atoms with Crippen molar-refractivity contribution in [1.29, 1.82) is 0 Å². The maximum absolute atomic E-state index is 13.0. The molecule has 2 aromatic rings. The second kappa shape index (κ2) is 4.91. The largest absolute Gasteiger partial charge is 0.497 e. The summed E-state index contributed by atoms with van der Waals surface area (Å²) in [5.74, 6) is -1.21. The molecule has 3 N–H and O–H groups in total. The molecule has 2 aromatic carbocycles. The molecule has 3 nitrogen and oxygen atoms in total. The second-order valence-corrected chi connectivity index (χ2v) is 3.75. The first-order chi connectivity index (χ1) is 8.58. The molecule has 0 bridgehead atoms. The van der Waals surface area contributed by atoms with Crippen LogP contribution < -0.4 is 15.8 Å². The highest BCUT2D eigenvalue weighted by atomic mass is 19.2. The van der Waals surface area contributed by atoms with E-state index in [1.165, 1.54) is 13.2 Å². The summed E-state index contributed by atoms with van der Waals surface area (Å²) >= 11 is 0. The Morgan fingerprint density at radius 3 is 2.44 bits per heavy atom. The molecule has 0 aliphatic heterocycles. The Morgan fingerprint density at radius 1 is 1.00 bits per heavy atom. The monoisotopic (exact) mass is 250 g/mol. The van der Waals surface area contributed by atoms with Crippen LogP contribution in [0.15, 0.2) is 36.4 Å². The van der Waals surface area contributed by atoms with Crippen molar-refractivity contribution < 1.29 is 13.5 Å². The van der Waals surface area contributed by atoms with Gasteiger partial charge in [-0.05, 0) is 18.2 Å². The van der Waals surface area contributed by atoms with Crippen molar-refractivity contribution in [1.82, 2.24) is 0 Å². The van der Waals surface area contributed by atoms with Gasteiger partial charge in [0.15, 0.2) is 11.6 Å². The zero-order chi connectivity index (χ0) is 13.1. The van der Waals surface area contributed by atoms with Crippen LogP contribution in [0.5, 0.6) is 5.75 Å². The number of anilines is 3. The fourth-order valence-corrected chi connectivity index (χ4v) is 1.55. The summed E-state index contributed by atoms with van der Waals surface area (Å²) in [6.07, 6.45) is 0. The van der Waals surface area contributed by atoms with Gasteiger partial charge in [0.25, 0.3) is 0 Å². The molecule has 5 heteroatoms. The molecule has 0 atom stereocenters. The Hall–Kier alpha value is -2.30. The van der Waals surface area contributed by atoms with Crippen molar-refractivity contribution in [2.75, 3.05) is 18.2 Å². The van der Waals surface area contributed by atoms with Crippen LogP contribution >= 0.6 is 0 Å². The van der Waals surface area contributed by atoms with E-state index in [2.05, 4.69) is 5.32 Å². The quantitative estimate of drug-likeness (QED) is 0.822. The molecule has 18 heavy (non-hydrogen) atoms. The van der Waals surface area contributed by atoms with E-state index in [0.29, 0.717) is 22.8 Å². The van der Waals surface area contributed by atoms with E-state index < -0.39 is 11.6 Å². The number of rotatable bonds is 3. The van der Waals surface area contributed by atoms with E-state index in [4.69, 9.17) is 10.5 Å². The molecule has 0 fully saturated rings. The van der Waals surface area contributed by atoms with Crippen molar-refractivity contribution in [3.63, 3.8) is 0 Å². The minimum absolute atomic E-state index is 0.432. The summed E-state index contributed by atoms with van der Waals surface area (Å²) in [6, 6.07) is 8.61. The first-order valence-corrected chi connectivity index (χ1v) is 5.25. The number of nitrogen functional groups attached to an aromatic ring is 1. The molecule has 0 aromatic heterocycles. The maximum Gasteiger partial charge on any atom is 0.160 e. The second-order valence-electron chi connectivity index (χ2n) is 3.75. The molecule has 0 heterocycles. The normalized spacial score (nSPS) is 10.2. The third-order valence-corrected chi connectivity index (χ3v) is 2.37. The molecular formula is C13H12F2N2O. The average molecular weight is 250 g/mol. The number of hydrogen-bond donors (Lipinski definition) is 2. The van der Waals surface area contributed by atoms with Crippen LogP contribution in [0.1, 0.15) is 0 Å². The smallest absolute Gasteiger partial charge is 0.160 e. The lowest BCUT2D eigenvalue weighted by Gasteiger charge is -2.09. The SMILES string of the molecule is COc1cc(N)cc(Nc2ccc(F)c(F)c2)c1. The predicted octanol–water partition coefficient (Wildman–Crippen LogP) is 3.30. The van der Waals surface area contributed by atoms with Gasteiger partial charge in [-0.25, -0.2) is 8.78 Å². The fraction of sp³-hybridized carbons (Fsp3) is 0.0769. The van der Waals surface area contributed by atoms with E-state index in [0.717, 1.165) is 12.1 Å². The summed E-state index contributed by atoms with van der Waals surface area (Å²) in [6.45, 7) is 0. The molecule has 0 aliphatic carbocycles. The Kier molecular flexibility index (Phi) is 3.32. The number of nitrogens with one attached hydrogen (secondary N) is 1. The molecule has 0 spiro atoms. The van der Waals surface area contributed by atoms with Gasteiger partial charge in [-0.15, -0.1) is 0 Å². The lowest BCUT2D eigenvalue weighted by molar-refractivity contribution is 0.415. The van der Waals surface area contributed by atoms with Crippen molar-refractivity contribution in [2.24, 2.45) is 0 Å². The lowest BCUT2D eigenvalue weighted by atomic mass is 10.2. The summed E-state index contributed by atoms with van der Waals surface area (Å²) < 4.78 is 30.9. The topological polar surface area (TPSA) is 47.3 Å². The Labute approximate surface area is 103 Å². The third kappa shape index (κ3) is 2.68. The van der Waals surface area contributed by atoms with Gasteiger partial charge in [-0.1, -0.05) is 0 Å². The van der Waals surface area contributed by atoms with Crippen molar-refractivity contribution >= 4 is 17.1 Å². The van der Waals surface area contributed by atoms with Crippen LogP contribution in [0.2, 0.25) is 0 Å². The molecule has 0 amide bonds. The standard InChI is InChI=1S/C13H12F2N2O/c1-18-11-5-8(16)4-10(6-11)17-9-2-3-12(14)13(15)7-9/h2-7,17H,16H2,1H3. The summed E-state index contributed by atoms with van der Waals surface area (Å²) in [7, 11) is 1.52. The Balaban J connectivity index is 2.27. The van der Waals surface area contributed by atoms with Crippen LogP contribution in [-0.4, -0.2) is 7.11 Å². The van der Waals surface area contributed by atoms with Gasteiger partial charge in [0.05, 0.1) is 7.11 Å². The number of benzene rings is 2. The number of methoxy groups -OCH3 is 1. The molecule has 0 unspecified atom stereocenters. The lowest BCUT2D eigenvalue weighted by Crippen LogP contribution is -1.95. The van der Waals surface area contributed by atoms with Crippen molar-refractivity contribution in [3.05, 3.63) is 48.0 Å². The summed E-state index contributed by atoms with van der Waals surface area (Å²) in [5, 5.41) is 2.92. The van der Waals surface area contributed by atoms with Gasteiger partial charge in [-0.3, -0.25) is 0 Å². The van der Waals surface area contributed by atoms with E-state index in [-0.39, 0.29) is 0 Å². The summed E-state index contributed by atoms with van der Waals surface area (Å²) in [4.78, 5) is 0. The van der Waals surface area contributed by atoms with Crippen LogP contribution in [0.25, 0.3) is 0 Å². The van der Waals surface area contributed by atoms with E-state index in [9.17, 15) is 8.78 Å². The van der Waals surface area contributed by atoms with Gasteiger partial charge in [0.1, 0.15) is 5.75 Å². The molecule has 0 radical (unpaired) electrons. The van der Waals surface area contributed by atoms with Crippen molar-refractivity contribution in [3.8, 4) is 5.75 Å². The number of nitrogens with two attached hydrogens (primary N) is 1. The van der Waals surface area contributed by atoms with Crippen LogP contribution in [0.3, 0.4) is 0 Å². The molecular weight excluding hydrogens is 238 g/mol. The minimum atomic E-state index is -0.907. The number of ether oxygens (including phenoxy) is 1. The zero-order valence-corrected chi connectivity index (χ0v) is 9.71. The average Bonchev–Trinajstić information content (AvgIpc) is 2.33. The number of halogens is 2. The first kappa shape index (κ1) is 12.2. The summed E-state index contributed by atoms with van der Waals surface area (Å²) in [5.41, 5.74) is 7.27. The van der Waals surface area contributed by atoms with Gasteiger partial charge < -0.3 is 15.8 Å². The fourth-order valence-electron chi connectivity index (χ4n) is 1.55. The van der Waals surface area contributed by atoms with Crippen LogP contribution in [0, 0.1) is 11.6 Å². The maximum atomic E-state index is 13.0. The van der Waals surface area contributed by atoms with Gasteiger partial charge >= 0.3 is 0 Å². The Morgan fingerprint density at radius 2 is 1.78 bits per heavy atom. The van der Waals surface area contributed by atoms with Crippen molar-refractivity contribution in [2.45, 2.75) is 0 Å². The molecule has 0 aliphatic rings.